The van der Waals surface area contributed by atoms with Crippen LogP contribution >= 0.6 is 22.7 Å². The van der Waals surface area contributed by atoms with E-state index in [1.165, 1.54) is 70.5 Å². The average Bonchev–Trinajstić information content (AvgIpc) is 2.30. The summed E-state index contributed by atoms with van der Waals surface area (Å²) in [6.07, 6.45) is 18.8. The fourth-order valence-electron chi connectivity index (χ4n) is 14.0. The molecule has 12 rings (SSSR count). The zero-order valence-corrected chi connectivity index (χ0v) is 51.4. The van der Waals surface area contributed by atoms with Gasteiger partial charge in [0, 0.05) is 55.7 Å². The fraction of sp³-hybridized carbons (Fsp3) is 0.409. The third-order valence-corrected chi connectivity index (χ3v) is 20.2. The number of non-ortho nitro benzene ring substituents is 1. The van der Waals surface area contributed by atoms with E-state index in [2.05, 4.69) is 101 Å². The molecule has 0 saturated heterocycles. The Hall–Kier alpha value is -6.78. The van der Waals surface area contributed by atoms with Gasteiger partial charge in [0.2, 0.25) is 11.4 Å². The molecule has 0 spiro atoms. The largest absolute Gasteiger partial charge is 3.00 e. The molecule has 438 valence electrons. The van der Waals surface area contributed by atoms with Crippen molar-refractivity contribution in [2.75, 3.05) is 6.54 Å². The number of thiophene rings is 2. The topological polar surface area (TPSA) is 205 Å². The molecule has 8 unspecified atom stereocenters. The Morgan fingerprint density at radius 1 is 0.855 bits per heavy atom. The number of aliphatic hydroxyl groups is 1. The third kappa shape index (κ3) is 14.1. The van der Waals surface area contributed by atoms with E-state index in [1.54, 1.807) is 28.7 Å². The number of carbonyl (C=O) groups excluding carboxylic acids is 3. The van der Waals surface area contributed by atoms with Gasteiger partial charge in [-0.15, -0.1) is 47.2 Å². The first-order chi connectivity index (χ1) is 39.7. The van der Waals surface area contributed by atoms with E-state index in [0.717, 1.165) is 58.8 Å². The molecule has 3 N–H and O–H groups in total. The maximum atomic E-state index is 12.9. The number of nitro benzene ring substituents is 1. The Bertz CT molecular complexity index is 3450. The first kappa shape index (κ1) is 60.8. The molecule has 17 heteroatoms. The van der Waals surface area contributed by atoms with Gasteiger partial charge in [0.15, 0.2) is 0 Å². The zero-order valence-electron chi connectivity index (χ0n) is 47.3. The molecule has 5 aromatic heterocycles. The van der Waals surface area contributed by atoms with Crippen molar-refractivity contribution in [2.45, 2.75) is 124 Å². The second-order valence-corrected chi connectivity index (χ2v) is 25.2. The van der Waals surface area contributed by atoms with E-state index in [9.17, 15) is 29.6 Å². The molecule has 83 heavy (non-hydrogen) atoms. The van der Waals surface area contributed by atoms with Gasteiger partial charge in [-0.3, -0.25) is 24.5 Å². The molecule has 8 atom stereocenters. The number of nitro groups is 1. The van der Waals surface area contributed by atoms with E-state index in [1.807, 2.05) is 60.9 Å². The quantitative estimate of drug-likeness (QED) is 0.0107. The maximum absolute atomic E-state index is 12.9. The van der Waals surface area contributed by atoms with Crippen LogP contribution < -0.4 is 5.32 Å². The van der Waals surface area contributed by atoms with Gasteiger partial charge in [0.05, 0.1) is 24.3 Å². The number of rotatable bonds is 16. The number of aliphatic hydroxyl groups excluding tert-OH is 1. The number of amides is 1. The number of carbonyl (C=O) groups is 2. The van der Waals surface area contributed by atoms with E-state index < -0.39 is 4.92 Å². The number of aromatic nitrogens is 4. The zero-order chi connectivity index (χ0) is 57.4. The van der Waals surface area contributed by atoms with Gasteiger partial charge in [-0.05, 0) is 158 Å². The monoisotopic (exact) mass is 1330 g/mol. The molecule has 14 nitrogen and oxygen atoms in total. The number of ether oxygens (including phenoxy) is 1. The summed E-state index contributed by atoms with van der Waals surface area (Å²) in [5, 5.41) is 34.1. The van der Waals surface area contributed by atoms with Crippen LogP contribution in [0, 0.1) is 62.7 Å². The number of allylic oxidation sites excluding steroid dienone is 3. The van der Waals surface area contributed by atoms with Gasteiger partial charge in [0.1, 0.15) is 17.4 Å². The van der Waals surface area contributed by atoms with Gasteiger partial charge in [-0.25, -0.2) is 27.3 Å². The average molecular weight is 1330 g/mol. The Labute approximate surface area is 506 Å². The summed E-state index contributed by atoms with van der Waals surface area (Å²) in [5.41, 5.74) is 5.11. The Kier molecular flexibility index (Phi) is 20.0. The van der Waals surface area contributed by atoms with Crippen LogP contribution in [-0.2, 0) is 40.9 Å². The number of nitrogens with one attached hydrogen (secondary N) is 1. The van der Waals surface area contributed by atoms with Gasteiger partial charge >= 0.3 is 17.4 Å². The number of nitrogens with zero attached hydrogens (tertiary/aromatic N) is 5. The van der Waals surface area contributed by atoms with Crippen molar-refractivity contribution in [3.8, 4) is 21.1 Å². The molecule has 8 aromatic rings. The predicted octanol–water partition coefficient (Wildman–Crippen LogP) is 15.4. The molecule has 3 fully saturated rings. The number of hydrogen-bond acceptors (Lipinski definition) is 13. The summed E-state index contributed by atoms with van der Waals surface area (Å²) in [7, 11) is 0. The van der Waals surface area contributed by atoms with E-state index in [0.29, 0.717) is 60.9 Å². The number of pyridine rings is 2. The Morgan fingerprint density at radius 2 is 1.51 bits per heavy atom. The van der Waals surface area contributed by atoms with Crippen LogP contribution in [0.25, 0.3) is 52.3 Å². The molecule has 3 aromatic carbocycles. The number of ketones is 1. The van der Waals surface area contributed by atoms with E-state index in [4.69, 9.17) is 9.37 Å². The molecule has 1 amide bonds. The molecule has 0 radical (unpaired) electrons. The van der Waals surface area contributed by atoms with Crippen LogP contribution in [0.1, 0.15) is 117 Å². The molecule has 0 bridgehead atoms. The number of benzene rings is 3. The fourth-order valence-corrected chi connectivity index (χ4v) is 15.9. The van der Waals surface area contributed by atoms with Gasteiger partial charge in [0.25, 0.3) is 0 Å². The maximum Gasteiger partial charge on any atom is 0.316 e. The summed E-state index contributed by atoms with van der Waals surface area (Å²) in [5.74, 6) is 2.81. The van der Waals surface area contributed by atoms with Gasteiger partial charge in [-0.1, -0.05) is 81.0 Å². The summed E-state index contributed by atoms with van der Waals surface area (Å²) in [4.78, 5) is 56.4. The standard InChI is InChI=1S/C40H54N4O8.2C13H8NS.Ir/c1-24(7-15-35(47)41-21-5-6-26-8-14-34(44(49)50)38-37(26)42-52-43-38)31-12-13-32-30-11-9-27-23-29(51-36(48)16-10-28(46)22-25(2)45)17-19-39(27,3)33(30)18-20-40(31,32)4;2*1-2-7-12-10(5-1)9-13(15-12)11-6-3-4-8-14-11;/h8-9,14,22,24,29-33,46H,5-7,10-13,15-21,23H2,1-4H3,(H,41,47);2*1-8H;/q;2*-1;-3/p+1. The molecule has 3 saturated carbocycles. The molecule has 0 aliphatic heterocycles. The minimum absolute atomic E-state index is 0. The number of hydrogen-bond donors (Lipinski definition) is 2. The molecular weight excluding hydrogens is 1260 g/mol. The minimum Gasteiger partial charge on any atom is -3.00 e. The van der Waals surface area contributed by atoms with Crippen LogP contribution in [0.5, 0.6) is 0 Å². The molecule has 4 aliphatic rings. The van der Waals surface area contributed by atoms with Gasteiger partial charge in [-0.2, -0.15) is 0 Å². The predicted molar refractivity (Wildman–Crippen MR) is 324 cm³/mol. The second kappa shape index (κ2) is 27.3. The van der Waals surface area contributed by atoms with Crippen LogP contribution in [0.4, 0.5) is 5.69 Å². The first-order valence-corrected chi connectivity index (χ1v) is 30.4. The van der Waals surface area contributed by atoms with Crippen molar-refractivity contribution >= 4 is 77.2 Å². The number of fused-ring (bicyclic) bond motifs is 8. The molecule has 4 aliphatic carbocycles. The molecule has 5 heterocycles. The van der Waals surface area contributed by atoms with Crippen molar-refractivity contribution in [3.63, 3.8) is 0 Å². The van der Waals surface area contributed by atoms with Crippen LogP contribution in [0.15, 0.2) is 138 Å². The van der Waals surface area contributed by atoms with Crippen LogP contribution in [0.2, 0.25) is 0 Å². The normalized spacial score (nSPS) is 22.9. The Morgan fingerprint density at radius 3 is 2.13 bits per heavy atom. The summed E-state index contributed by atoms with van der Waals surface area (Å²) >= 11 is 3.46. The van der Waals surface area contributed by atoms with E-state index >= 15 is 0 Å². The summed E-state index contributed by atoms with van der Waals surface area (Å²) < 4.78 is 13.2. The molecular formula is C66H71IrN6O8S2-4. The van der Waals surface area contributed by atoms with Crippen molar-refractivity contribution in [3.05, 3.63) is 161 Å². The van der Waals surface area contributed by atoms with E-state index in [-0.39, 0.29) is 84.5 Å². The second-order valence-electron chi connectivity index (χ2n) is 23.1. The van der Waals surface area contributed by atoms with Crippen molar-refractivity contribution in [1.29, 1.82) is 0 Å². The summed E-state index contributed by atoms with van der Waals surface area (Å²) in [6, 6.07) is 38.3. The van der Waals surface area contributed by atoms with Crippen molar-refractivity contribution in [2.24, 2.45) is 40.4 Å². The number of esters is 1. The minimum atomic E-state index is -0.495. The number of aryl methyl sites for hydroxylation is 1. The Balaban J connectivity index is 0.000000213. The smallest absolute Gasteiger partial charge is 0.316 e. The first-order valence-electron chi connectivity index (χ1n) is 28.8. The van der Waals surface area contributed by atoms with Crippen molar-refractivity contribution in [1.82, 2.24) is 25.6 Å². The third-order valence-electron chi connectivity index (χ3n) is 18.0. The van der Waals surface area contributed by atoms with Crippen molar-refractivity contribution < 1.29 is 53.9 Å². The van der Waals surface area contributed by atoms with Crippen LogP contribution in [-0.4, -0.2) is 65.4 Å². The van der Waals surface area contributed by atoms with Crippen LogP contribution in [0.3, 0.4) is 0 Å². The van der Waals surface area contributed by atoms with Gasteiger partial charge < -0.3 is 45.2 Å². The summed E-state index contributed by atoms with van der Waals surface area (Å²) in [6.45, 7) is 9.34. The SMILES string of the molecule is CC(=[OH+])C=C(O)CCC(=O)OC1CCC2(C)C(=CCC3C2CCC2(C)C(C(C)CCC(=O)NCCCc4ccc([N+](=O)[O-])c5nonc45)CCC32)C1.[Ir-3].[c-]1c(-c2ccccn2)sc2ccccc12.[c-]1c(-c2ccccn2)sc2ccccc12.